The highest BCUT2D eigenvalue weighted by molar-refractivity contribution is 5.97. The first-order valence-electron chi connectivity index (χ1n) is 13.8. The summed E-state index contributed by atoms with van der Waals surface area (Å²) in [5.41, 5.74) is -1.54. The van der Waals surface area contributed by atoms with Crippen LogP contribution in [0.1, 0.15) is 106 Å². The van der Waals surface area contributed by atoms with E-state index < -0.39 is 29.3 Å². The van der Waals surface area contributed by atoms with Crippen molar-refractivity contribution in [1.29, 1.82) is 0 Å². The summed E-state index contributed by atoms with van der Waals surface area (Å²) >= 11 is 0. The predicted molar refractivity (Wildman–Crippen MR) is 139 cm³/mol. The molecular weight excluding hydrogens is 460 g/mol. The number of hydrogen-bond acceptors (Lipinski definition) is 5. The fourth-order valence-corrected chi connectivity index (χ4v) is 4.48. The molecular formula is C27H48N4O5. The molecule has 0 aromatic carbocycles. The van der Waals surface area contributed by atoms with Crippen molar-refractivity contribution in [2.75, 3.05) is 13.1 Å². The SMILES string of the molecule is CCCCCCC[C@H](NC(=O)OC(C)(C)C)C(=O)N1CCC[C@H]1C(=O)NC1(C(=O)NCC(C)C)CC1. The molecule has 4 amide bonds. The summed E-state index contributed by atoms with van der Waals surface area (Å²) in [4.78, 5) is 53.5. The van der Waals surface area contributed by atoms with E-state index in [0.717, 1.165) is 32.1 Å². The van der Waals surface area contributed by atoms with Crippen LogP contribution in [-0.4, -0.2) is 65.0 Å². The Labute approximate surface area is 216 Å². The second kappa shape index (κ2) is 13.3. The van der Waals surface area contributed by atoms with Gasteiger partial charge in [0, 0.05) is 13.1 Å². The van der Waals surface area contributed by atoms with Gasteiger partial charge >= 0.3 is 6.09 Å². The number of nitrogens with one attached hydrogen (secondary N) is 3. The van der Waals surface area contributed by atoms with Crippen molar-refractivity contribution in [3.8, 4) is 0 Å². The molecule has 0 bridgehead atoms. The van der Waals surface area contributed by atoms with Crippen LogP contribution in [0.15, 0.2) is 0 Å². The largest absolute Gasteiger partial charge is 0.444 e. The Kier molecular flexibility index (Phi) is 11.0. The van der Waals surface area contributed by atoms with Crippen LogP contribution in [-0.2, 0) is 19.1 Å². The number of ether oxygens (including phenoxy) is 1. The van der Waals surface area contributed by atoms with Gasteiger partial charge in [-0.2, -0.15) is 0 Å². The lowest BCUT2D eigenvalue weighted by Gasteiger charge is -2.30. The number of carbonyl (C=O) groups excluding carboxylic acids is 4. The Morgan fingerprint density at radius 3 is 2.31 bits per heavy atom. The smallest absolute Gasteiger partial charge is 0.408 e. The summed E-state index contributed by atoms with van der Waals surface area (Å²) in [5.74, 6) is -0.392. The molecule has 0 aromatic rings. The van der Waals surface area contributed by atoms with Crippen molar-refractivity contribution in [1.82, 2.24) is 20.9 Å². The number of amides is 4. The minimum absolute atomic E-state index is 0.156. The molecule has 1 aliphatic carbocycles. The lowest BCUT2D eigenvalue weighted by molar-refractivity contribution is -0.141. The third-order valence-corrected chi connectivity index (χ3v) is 6.64. The minimum Gasteiger partial charge on any atom is -0.444 e. The van der Waals surface area contributed by atoms with E-state index in [-0.39, 0.29) is 17.7 Å². The normalized spacial score (nSPS) is 19.5. The summed E-state index contributed by atoms with van der Waals surface area (Å²) in [7, 11) is 0. The second-order valence-corrected chi connectivity index (χ2v) is 11.8. The van der Waals surface area contributed by atoms with E-state index in [9.17, 15) is 19.2 Å². The fourth-order valence-electron chi connectivity index (χ4n) is 4.48. The van der Waals surface area contributed by atoms with E-state index in [1.165, 1.54) is 0 Å². The highest BCUT2D eigenvalue weighted by atomic mass is 16.6. The van der Waals surface area contributed by atoms with Gasteiger partial charge in [0.05, 0.1) is 0 Å². The monoisotopic (exact) mass is 508 g/mol. The van der Waals surface area contributed by atoms with E-state index in [1.54, 1.807) is 25.7 Å². The summed E-state index contributed by atoms with van der Waals surface area (Å²) in [6.45, 7) is 12.5. The van der Waals surface area contributed by atoms with Crippen LogP contribution in [0.2, 0.25) is 0 Å². The Balaban J connectivity index is 2.04. The summed E-state index contributed by atoms with van der Waals surface area (Å²) in [5, 5.41) is 8.61. The molecule has 2 fully saturated rings. The van der Waals surface area contributed by atoms with Gasteiger partial charge in [-0.1, -0.05) is 52.9 Å². The number of alkyl carbamates (subject to hydrolysis) is 1. The van der Waals surface area contributed by atoms with Gasteiger partial charge in [-0.3, -0.25) is 14.4 Å². The molecule has 0 unspecified atom stereocenters. The Morgan fingerprint density at radius 1 is 1.06 bits per heavy atom. The zero-order valence-electron chi connectivity index (χ0n) is 23.2. The number of likely N-dealkylation sites (tertiary alicyclic amines) is 1. The molecule has 0 spiro atoms. The van der Waals surface area contributed by atoms with Gasteiger partial charge in [-0.15, -0.1) is 0 Å². The highest BCUT2D eigenvalue weighted by Crippen LogP contribution is 2.36. The molecule has 0 aromatic heterocycles. The van der Waals surface area contributed by atoms with Crippen LogP contribution in [0.4, 0.5) is 4.79 Å². The maximum Gasteiger partial charge on any atom is 0.408 e. The molecule has 1 heterocycles. The maximum absolute atomic E-state index is 13.6. The number of carbonyl (C=O) groups is 4. The van der Waals surface area contributed by atoms with Gasteiger partial charge in [0.25, 0.3) is 0 Å². The first-order valence-corrected chi connectivity index (χ1v) is 13.8. The molecule has 2 aliphatic rings. The van der Waals surface area contributed by atoms with Crippen molar-refractivity contribution in [3.05, 3.63) is 0 Å². The van der Waals surface area contributed by atoms with Gasteiger partial charge in [0.15, 0.2) is 0 Å². The first kappa shape index (κ1) is 29.9. The second-order valence-electron chi connectivity index (χ2n) is 11.8. The number of hydrogen-bond donors (Lipinski definition) is 3. The lowest BCUT2D eigenvalue weighted by Crippen LogP contribution is -2.57. The third-order valence-electron chi connectivity index (χ3n) is 6.64. The van der Waals surface area contributed by atoms with Gasteiger partial charge in [0.2, 0.25) is 17.7 Å². The maximum atomic E-state index is 13.6. The van der Waals surface area contributed by atoms with E-state index in [4.69, 9.17) is 4.74 Å². The van der Waals surface area contributed by atoms with Crippen LogP contribution in [0.25, 0.3) is 0 Å². The third kappa shape index (κ3) is 9.28. The van der Waals surface area contributed by atoms with Crippen molar-refractivity contribution >= 4 is 23.8 Å². The molecule has 2 atom stereocenters. The van der Waals surface area contributed by atoms with Crippen LogP contribution in [0.5, 0.6) is 0 Å². The molecule has 206 valence electrons. The summed E-state index contributed by atoms with van der Waals surface area (Å²) in [6, 6.07) is -1.39. The lowest BCUT2D eigenvalue weighted by atomic mass is 10.0. The van der Waals surface area contributed by atoms with E-state index >= 15 is 0 Å². The van der Waals surface area contributed by atoms with Gasteiger partial charge < -0.3 is 25.6 Å². The van der Waals surface area contributed by atoms with Crippen LogP contribution >= 0.6 is 0 Å². The average molecular weight is 509 g/mol. The van der Waals surface area contributed by atoms with Crippen LogP contribution in [0.3, 0.4) is 0 Å². The van der Waals surface area contributed by atoms with Gasteiger partial charge in [0.1, 0.15) is 23.2 Å². The van der Waals surface area contributed by atoms with E-state index in [1.807, 2.05) is 13.8 Å². The molecule has 1 saturated carbocycles. The molecule has 1 saturated heterocycles. The first-order chi connectivity index (χ1) is 16.9. The standard InChI is InChI=1S/C27H48N4O5/c1-7-8-9-10-11-13-20(29-25(35)36-26(4,5)6)23(33)31-17-12-14-21(31)22(32)30-27(15-16-27)24(34)28-18-19(2)3/h19-21H,7-18H2,1-6H3,(H,28,34)(H,29,35)(H,30,32)/t20-,21-/m0/s1. The molecule has 1 aliphatic heterocycles. The van der Waals surface area contributed by atoms with Gasteiger partial charge in [-0.25, -0.2) is 4.79 Å². The number of nitrogens with zero attached hydrogens (tertiary/aromatic N) is 1. The number of rotatable bonds is 13. The molecule has 0 radical (unpaired) electrons. The summed E-state index contributed by atoms with van der Waals surface area (Å²) < 4.78 is 5.40. The molecule has 36 heavy (non-hydrogen) atoms. The molecule has 3 N–H and O–H groups in total. The van der Waals surface area contributed by atoms with Crippen molar-refractivity contribution in [3.63, 3.8) is 0 Å². The highest BCUT2D eigenvalue weighted by Gasteiger charge is 2.52. The summed E-state index contributed by atoms with van der Waals surface area (Å²) in [6.07, 6.45) is 7.43. The molecule has 2 rings (SSSR count). The van der Waals surface area contributed by atoms with Crippen molar-refractivity contribution < 1.29 is 23.9 Å². The van der Waals surface area contributed by atoms with E-state index in [0.29, 0.717) is 51.1 Å². The predicted octanol–water partition coefficient (Wildman–Crippen LogP) is 3.65. The molecule has 9 heteroatoms. The van der Waals surface area contributed by atoms with Crippen LogP contribution < -0.4 is 16.0 Å². The van der Waals surface area contributed by atoms with E-state index in [2.05, 4.69) is 22.9 Å². The number of unbranched alkanes of at least 4 members (excludes halogenated alkanes) is 4. The topological polar surface area (TPSA) is 117 Å². The minimum atomic E-state index is -0.864. The van der Waals surface area contributed by atoms with Gasteiger partial charge in [-0.05, 0) is 58.8 Å². The van der Waals surface area contributed by atoms with Crippen LogP contribution in [0, 0.1) is 5.92 Å². The Hall–Kier alpha value is -2.32. The van der Waals surface area contributed by atoms with Crippen molar-refractivity contribution in [2.24, 2.45) is 5.92 Å². The fraction of sp³-hybridized carbons (Fsp3) is 0.852. The zero-order valence-corrected chi connectivity index (χ0v) is 23.2. The quantitative estimate of drug-likeness (QED) is 0.328. The Bertz CT molecular complexity index is 773. The average Bonchev–Trinajstić information content (AvgIpc) is 3.39. The molecule has 9 nitrogen and oxygen atoms in total. The zero-order chi connectivity index (χ0) is 26.9. The Morgan fingerprint density at radius 2 is 1.72 bits per heavy atom. The van der Waals surface area contributed by atoms with Crippen molar-refractivity contribution in [2.45, 2.75) is 129 Å².